The first kappa shape index (κ1) is 17.2. The first-order chi connectivity index (χ1) is 11.3. The van der Waals surface area contributed by atoms with Crippen molar-refractivity contribution >= 4 is 0 Å². The highest BCUT2D eigenvalue weighted by Crippen LogP contribution is 2.30. The second-order valence-corrected chi connectivity index (χ2v) is 7.92. The minimum Gasteiger partial charge on any atom is -0.385 e. The summed E-state index contributed by atoms with van der Waals surface area (Å²) in [6, 6.07) is 0. The maximum Gasteiger partial charge on any atom is 0.137 e. The van der Waals surface area contributed by atoms with Crippen molar-refractivity contribution in [2.75, 3.05) is 13.1 Å². The average Bonchev–Trinajstić information content (AvgIpc) is 3.16. The Morgan fingerprint density at radius 1 is 1.29 bits per heavy atom. The van der Waals surface area contributed by atoms with Crippen LogP contribution in [0.15, 0.2) is 24.8 Å². The fourth-order valence-corrected chi connectivity index (χ4v) is 3.37. The molecule has 1 atom stereocenters. The van der Waals surface area contributed by atoms with Gasteiger partial charge in [-0.3, -0.25) is 9.58 Å². The first-order valence-electron chi connectivity index (χ1n) is 8.76. The Bertz CT molecular complexity index is 661. The maximum absolute atomic E-state index is 10.6. The summed E-state index contributed by atoms with van der Waals surface area (Å²) in [5.74, 6) is 1.07. The monoisotopic (exact) mass is 331 g/mol. The van der Waals surface area contributed by atoms with E-state index in [9.17, 15) is 5.11 Å². The number of aliphatic hydroxyl groups is 1. The lowest BCUT2D eigenvalue weighted by Crippen LogP contribution is -2.35. The maximum atomic E-state index is 10.6. The number of imidazole rings is 1. The average molecular weight is 331 g/mol. The number of nitrogens with zero attached hydrogens (tertiary/aromatic N) is 5. The summed E-state index contributed by atoms with van der Waals surface area (Å²) in [7, 11) is 1.94. The van der Waals surface area contributed by atoms with Gasteiger partial charge in [0.15, 0.2) is 0 Å². The molecule has 2 aromatic rings. The number of aromatic nitrogens is 4. The van der Waals surface area contributed by atoms with Crippen LogP contribution in [-0.4, -0.2) is 42.4 Å². The molecule has 0 aliphatic carbocycles. The minimum absolute atomic E-state index is 0.0252. The molecule has 3 heterocycles. The number of aliphatic hydroxyl groups excluding tert-OH is 1. The quantitative estimate of drug-likeness (QED) is 0.934. The zero-order chi connectivity index (χ0) is 17.3. The van der Waals surface area contributed by atoms with E-state index in [1.54, 1.807) is 6.20 Å². The third-order valence-electron chi connectivity index (χ3n) is 4.93. The van der Waals surface area contributed by atoms with Gasteiger partial charge in [-0.25, -0.2) is 4.98 Å². The van der Waals surface area contributed by atoms with Crippen LogP contribution in [0, 0.1) is 5.92 Å². The van der Waals surface area contributed by atoms with Gasteiger partial charge in [0.25, 0.3) is 0 Å². The lowest BCUT2D eigenvalue weighted by molar-refractivity contribution is 0.0492. The van der Waals surface area contributed by atoms with Crippen molar-refractivity contribution in [3.05, 3.63) is 36.2 Å². The molecular weight excluding hydrogens is 302 g/mol. The fraction of sp³-hybridized carbons (Fsp3) is 0.667. The van der Waals surface area contributed by atoms with Gasteiger partial charge in [0.2, 0.25) is 0 Å². The number of aryl methyl sites for hydroxylation is 1. The van der Waals surface area contributed by atoms with E-state index in [0.717, 1.165) is 38.3 Å². The van der Waals surface area contributed by atoms with Crippen LogP contribution in [0.3, 0.4) is 0 Å². The molecule has 1 N–H and O–H groups in total. The molecule has 0 aromatic carbocycles. The van der Waals surface area contributed by atoms with E-state index in [1.807, 2.05) is 28.7 Å². The molecule has 0 spiro atoms. The Hall–Kier alpha value is -1.66. The summed E-state index contributed by atoms with van der Waals surface area (Å²) < 4.78 is 3.94. The molecular formula is C18H29N5O. The van der Waals surface area contributed by atoms with Crippen molar-refractivity contribution in [1.82, 2.24) is 24.2 Å². The molecule has 1 aliphatic rings. The normalized spacial score (nSPS) is 18.9. The molecule has 0 bridgehead atoms. The molecule has 1 aliphatic heterocycles. The molecule has 0 amide bonds. The summed E-state index contributed by atoms with van der Waals surface area (Å²) in [4.78, 5) is 6.74. The van der Waals surface area contributed by atoms with E-state index in [-0.39, 0.29) is 5.54 Å². The van der Waals surface area contributed by atoms with Gasteiger partial charge in [-0.1, -0.05) is 0 Å². The molecule has 6 heteroatoms. The van der Waals surface area contributed by atoms with Gasteiger partial charge in [0, 0.05) is 37.7 Å². The summed E-state index contributed by atoms with van der Waals surface area (Å²) >= 11 is 0. The Morgan fingerprint density at radius 3 is 2.54 bits per heavy atom. The van der Waals surface area contributed by atoms with Crippen molar-refractivity contribution < 1.29 is 5.11 Å². The van der Waals surface area contributed by atoms with Crippen molar-refractivity contribution in [3.63, 3.8) is 0 Å². The highest BCUT2D eigenvalue weighted by atomic mass is 16.3. The molecule has 3 rings (SSSR count). The van der Waals surface area contributed by atoms with Crippen LogP contribution < -0.4 is 0 Å². The molecule has 1 fully saturated rings. The Morgan fingerprint density at radius 2 is 2.00 bits per heavy atom. The largest absolute Gasteiger partial charge is 0.385 e. The van der Waals surface area contributed by atoms with Gasteiger partial charge in [0.1, 0.15) is 11.9 Å². The number of likely N-dealkylation sites (tertiary alicyclic amines) is 1. The number of hydrogen-bond donors (Lipinski definition) is 1. The zero-order valence-electron chi connectivity index (χ0n) is 15.2. The number of rotatable bonds is 4. The van der Waals surface area contributed by atoms with E-state index in [1.165, 1.54) is 5.56 Å². The van der Waals surface area contributed by atoms with E-state index in [4.69, 9.17) is 0 Å². The van der Waals surface area contributed by atoms with Crippen LogP contribution in [-0.2, 0) is 19.1 Å². The van der Waals surface area contributed by atoms with Crippen molar-refractivity contribution in [3.8, 4) is 0 Å². The Balaban J connectivity index is 1.54. The number of piperidine rings is 1. The molecule has 24 heavy (non-hydrogen) atoms. The van der Waals surface area contributed by atoms with Crippen LogP contribution in [0.5, 0.6) is 0 Å². The van der Waals surface area contributed by atoms with Crippen LogP contribution in [0.25, 0.3) is 0 Å². The van der Waals surface area contributed by atoms with Gasteiger partial charge < -0.3 is 9.67 Å². The predicted octanol–water partition coefficient (Wildman–Crippen LogP) is 2.32. The lowest BCUT2D eigenvalue weighted by Gasteiger charge is -2.33. The number of hydrogen-bond acceptors (Lipinski definition) is 4. The molecule has 1 saturated heterocycles. The SMILES string of the molecule is Cn1ccnc1C(O)C1CCN(Cc2cnn(C(C)(C)C)c2)CC1. The smallest absolute Gasteiger partial charge is 0.137 e. The topological polar surface area (TPSA) is 59.1 Å². The van der Waals surface area contributed by atoms with Crippen LogP contribution in [0.4, 0.5) is 0 Å². The summed E-state index contributed by atoms with van der Waals surface area (Å²) in [5.41, 5.74) is 1.28. The van der Waals surface area contributed by atoms with Gasteiger partial charge >= 0.3 is 0 Å². The van der Waals surface area contributed by atoms with Gasteiger partial charge in [-0.15, -0.1) is 0 Å². The summed E-state index contributed by atoms with van der Waals surface area (Å²) in [6.45, 7) is 9.43. The molecule has 2 aromatic heterocycles. The standard InChI is InChI=1S/C18H29N5O/c1-18(2,3)23-13-14(11-20-23)12-22-8-5-15(6-9-22)16(24)17-19-7-10-21(17)4/h7,10-11,13,15-16,24H,5-6,8-9,12H2,1-4H3. The highest BCUT2D eigenvalue weighted by molar-refractivity contribution is 5.06. The highest BCUT2D eigenvalue weighted by Gasteiger charge is 2.28. The van der Waals surface area contributed by atoms with E-state index < -0.39 is 6.10 Å². The molecule has 132 valence electrons. The van der Waals surface area contributed by atoms with Crippen LogP contribution in [0.2, 0.25) is 0 Å². The van der Waals surface area contributed by atoms with Gasteiger partial charge in [-0.05, 0) is 52.6 Å². The van der Waals surface area contributed by atoms with Crippen molar-refractivity contribution in [1.29, 1.82) is 0 Å². The van der Waals surface area contributed by atoms with E-state index in [2.05, 4.69) is 42.0 Å². The molecule has 1 unspecified atom stereocenters. The predicted molar refractivity (Wildman–Crippen MR) is 93.4 cm³/mol. The third kappa shape index (κ3) is 3.70. The van der Waals surface area contributed by atoms with Crippen LogP contribution in [0.1, 0.15) is 51.1 Å². The fourth-order valence-electron chi connectivity index (χ4n) is 3.37. The van der Waals surface area contributed by atoms with Gasteiger partial charge in [0.05, 0.1) is 11.7 Å². The lowest BCUT2D eigenvalue weighted by atomic mass is 9.90. The summed E-state index contributed by atoms with van der Waals surface area (Å²) in [6.07, 6.45) is 9.30. The van der Waals surface area contributed by atoms with Crippen LogP contribution >= 0.6 is 0 Å². The molecule has 6 nitrogen and oxygen atoms in total. The zero-order valence-corrected chi connectivity index (χ0v) is 15.2. The Labute approximate surface area is 144 Å². The van der Waals surface area contributed by atoms with Gasteiger partial charge in [-0.2, -0.15) is 5.10 Å². The van der Waals surface area contributed by atoms with Crippen molar-refractivity contribution in [2.45, 2.75) is 51.8 Å². The van der Waals surface area contributed by atoms with E-state index >= 15 is 0 Å². The second kappa shape index (κ2) is 6.69. The minimum atomic E-state index is -0.462. The third-order valence-corrected chi connectivity index (χ3v) is 4.93. The van der Waals surface area contributed by atoms with E-state index in [0.29, 0.717) is 5.92 Å². The second-order valence-electron chi connectivity index (χ2n) is 7.92. The first-order valence-corrected chi connectivity index (χ1v) is 8.76. The molecule has 0 saturated carbocycles. The molecule has 0 radical (unpaired) electrons. The summed E-state index contributed by atoms with van der Waals surface area (Å²) in [5, 5.41) is 15.0. The Kier molecular flexibility index (Phi) is 4.78. The van der Waals surface area contributed by atoms with Crippen molar-refractivity contribution in [2.24, 2.45) is 13.0 Å².